The molecular formula is C12H22FNO. The highest BCUT2D eigenvalue weighted by Crippen LogP contribution is 2.32. The zero-order valence-corrected chi connectivity index (χ0v) is 9.62. The number of likely N-dealkylation sites (tertiary alicyclic amines) is 1. The second-order valence-corrected chi connectivity index (χ2v) is 5.11. The molecule has 1 heterocycles. The molecule has 0 aromatic carbocycles. The van der Waals surface area contributed by atoms with Gasteiger partial charge in [0.15, 0.2) is 6.23 Å². The summed E-state index contributed by atoms with van der Waals surface area (Å²) < 4.78 is 12.5. The molecule has 2 fully saturated rings. The molecule has 3 atom stereocenters. The summed E-state index contributed by atoms with van der Waals surface area (Å²) in [5, 5.41) is 0. The smallest absolute Gasteiger partial charge is 0.151 e. The normalized spacial score (nSPS) is 39.2. The molecule has 0 aromatic rings. The van der Waals surface area contributed by atoms with Crippen LogP contribution in [0.15, 0.2) is 0 Å². The van der Waals surface area contributed by atoms with Crippen LogP contribution in [0.5, 0.6) is 0 Å². The Labute approximate surface area is 91.7 Å². The van der Waals surface area contributed by atoms with Gasteiger partial charge in [0.2, 0.25) is 0 Å². The summed E-state index contributed by atoms with van der Waals surface area (Å²) >= 11 is 0. The molecule has 3 unspecified atom stereocenters. The molecule has 15 heavy (non-hydrogen) atoms. The van der Waals surface area contributed by atoms with Gasteiger partial charge in [-0.05, 0) is 42.5 Å². The van der Waals surface area contributed by atoms with Crippen LogP contribution in [0.2, 0.25) is 0 Å². The molecule has 1 saturated carbocycles. The first-order chi connectivity index (χ1) is 7.33. The first kappa shape index (κ1) is 11.3. The van der Waals surface area contributed by atoms with Crippen LogP contribution < -0.4 is 0 Å². The van der Waals surface area contributed by atoms with Crippen molar-refractivity contribution in [2.24, 2.45) is 5.92 Å². The third kappa shape index (κ3) is 2.51. The number of hydrogen-bond acceptors (Lipinski definition) is 2. The molecule has 3 heteroatoms. The Kier molecular flexibility index (Phi) is 3.98. The lowest BCUT2D eigenvalue weighted by Gasteiger charge is -2.43. The van der Waals surface area contributed by atoms with E-state index in [1.807, 2.05) is 0 Å². The van der Waals surface area contributed by atoms with Gasteiger partial charge in [0, 0.05) is 12.6 Å². The highest BCUT2D eigenvalue weighted by atomic mass is 19.3. The van der Waals surface area contributed by atoms with Gasteiger partial charge in [0.25, 0.3) is 0 Å². The Bertz CT molecular complexity index is 200. The van der Waals surface area contributed by atoms with Gasteiger partial charge in [-0.1, -0.05) is 19.8 Å². The van der Waals surface area contributed by atoms with Gasteiger partial charge in [0.1, 0.15) is 0 Å². The lowest BCUT2D eigenvalue weighted by Crippen LogP contribution is -2.50. The summed E-state index contributed by atoms with van der Waals surface area (Å²) in [6, 6.07) is 0.555. The predicted octanol–water partition coefficient (Wildman–Crippen LogP) is 3.28. The number of piperidine rings is 1. The average Bonchev–Trinajstić information content (AvgIpc) is 2.30. The van der Waals surface area contributed by atoms with Gasteiger partial charge < -0.3 is 0 Å². The SMILES string of the molecule is CC1CCCCC1N1CCCCC1OF. The summed E-state index contributed by atoms with van der Waals surface area (Å²) in [5.41, 5.74) is 0. The van der Waals surface area contributed by atoms with Gasteiger partial charge in [-0.15, -0.1) is 0 Å². The Hall–Kier alpha value is -0.150. The summed E-state index contributed by atoms with van der Waals surface area (Å²) in [5.74, 6) is 0.703. The maximum Gasteiger partial charge on any atom is 0.151 e. The van der Waals surface area contributed by atoms with Crippen molar-refractivity contribution in [2.45, 2.75) is 64.1 Å². The lowest BCUT2D eigenvalue weighted by atomic mass is 9.84. The van der Waals surface area contributed by atoms with E-state index in [-0.39, 0.29) is 6.23 Å². The van der Waals surface area contributed by atoms with Gasteiger partial charge in [0.05, 0.1) is 0 Å². The van der Waals surface area contributed by atoms with Crippen LogP contribution in [-0.4, -0.2) is 23.7 Å². The number of nitrogens with zero attached hydrogens (tertiary/aromatic N) is 1. The highest BCUT2D eigenvalue weighted by Gasteiger charge is 2.34. The van der Waals surface area contributed by atoms with E-state index in [0.29, 0.717) is 12.0 Å². The van der Waals surface area contributed by atoms with E-state index >= 15 is 0 Å². The van der Waals surface area contributed by atoms with E-state index in [4.69, 9.17) is 0 Å². The number of rotatable bonds is 2. The Balaban J connectivity index is 1.99. The van der Waals surface area contributed by atoms with Crippen molar-refractivity contribution in [1.29, 1.82) is 0 Å². The molecule has 1 aliphatic heterocycles. The van der Waals surface area contributed by atoms with Crippen molar-refractivity contribution in [3.8, 4) is 0 Å². The van der Waals surface area contributed by atoms with E-state index in [9.17, 15) is 4.53 Å². The molecule has 0 amide bonds. The molecule has 0 spiro atoms. The molecule has 1 saturated heterocycles. The third-order valence-electron chi connectivity index (χ3n) is 4.08. The second kappa shape index (κ2) is 5.26. The van der Waals surface area contributed by atoms with E-state index in [1.165, 1.54) is 32.1 Å². The molecule has 0 radical (unpaired) electrons. The fraction of sp³-hybridized carbons (Fsp3) is 1.00. The van der Waals surface area contributed by atoms with E-state index in [0.717, 1.165) is 19.4 Å². The van der Waals surface area contributed by atoms with E-state index < -0.39 is 0 Å². The van der Waals surface area contributed by atoms with Gasteiger partial charge in [-0.25, -0.2) is 0 Å². The molecule has 2 rings (SSSR count). The van der Waals surface area contributed by atoms with Crippen LogP contribution in [0.4, 0.5) is 4.53 Å². The Morgan fingerprint density at radius 1 is 1.07 bits per heavy atom. The molecule has 0 N–H and O–H groups in total. The molecule has 0 aromatic heterocycles. The molecule has 0 bridgehead atoms. The molecule has 1 aliphatic carbocycles. The lowest BCUT2D eigenvalue weighted by molar-refractivity contribution is -0.249. The van der Waals surface area contributed by atoms with Crippen LogP contribution in [0.1, 0.15) is 51.9 Å². The minimum atomic E-state index is -0.260. The maximum absolute atomic E-state index is 12.5. The average molecular weight is 215 g/mol. The van der Waals surface area contributed by atoms with Gasteiger partial charge in [-0.2, -0.15) is 4.94 Å². The quantitative estimate of drug-likeness (QED) is 0.701. The van der Waals surface area contributed by atoms with Crippen LogP contribution in [0.25, 0.3) is 0 Å². The Morgan fingerprint density at radius 2 is 1.80 bits per heavy atom. The van der Waals surface area contributed by atoms with Crippen LogP contribution in [0.3, 0.4) is 0 Å². The van der Waals surface area contributed by atoms with Crippen molar-refractivity contribution in [2.75, 3.05) is 6.54 Å². The predicted molar refractivity (Wildman–Crippen MR) is 58.0 cm³/mol. The van der Waals surface area contributed by atoms with Crippen molar-refractivity contribution in [1.82, 2.24) is 4.90 Å². The van der Waals surface area contributed by atoms with Crippen molar-refractivity contribution in [3.63, 3.8) is 0 Å². The number of halogens is 1. The van der Waals surface area contributed by atoms with Gasteiger partial charge in [-0.3, -0.25) is 4.90 Å². The second-order valence-electron chi connectivity index (χ2n) is 5.11. The maximum atomic E-state index is 12.5. The highest BCUT2D eigenvalue weighted by molar-refractivity contribution is 4.84. The van der Waals surface area contributed by atoms with Crippen LogP contribution in [0, 0.1) is 5.92 Å². The van der Waals surface area contributed by atoms with E-state index in [2.05, 4.69) is 16.8 Å². The van der Waals surface area contributed by atoms with Gasteiger partial charge >= 0.3 is 0 Å². The number of hydrogen-bond donors (Lipinski definition) is 0. The zero-order chi connectivity index (χ0) is 10.7. The molecule has 2 aliphatic rings. The minimum Gasteiger partial charge on any atom is -0.272 e. The molecular weight excluding hydrogens is 193 g/mol. The monoisotopic (exact) mass is 215 g/mol. The summed E-state index contributed by atoms with van der Waals surface area (Å²) in [7, 11) is 0. The first-order valence-corrected chi connectivity index (χ1v) is 6.36. The van der Waals surface area contributed by atoms with Crippen LogP contribution >= 0.6 is 0 Å². The largest absolute Gasteiger partial charge is 0.272 e. The zero-order valence-electron chi connectivity index (χ0n) is 9.62. The van der Waals surface area contributed by atoms with Crippen molar-refractivity contribution in [3.05, 3.63) is 0 Å². The Morgan fingerprint density at radius 3 is 2.53 bits per heavy atom. The van der Waals surface area contributed by atoms with Crippen LogP contribution in [-0.2, 0) is 4.94 Å². The molecule has 2 nitrogen and oxygen atoms in total. The summed E-state index contributed by atoms with van der Waals surface area (Å²) in [6.07, 6.45) is 8.05. The minimum absolute atomic E-state index is 0.260. The van der Waals surface area contributed by atoms with Crippen molar-refractivity contribution < 1.29 is 9.47 Å². The summed E-state index contributed by atoms with van der Waals surface area (Å²) in [4.78, 5) is 6.40. The fourth-order valence-electron chi connectivity index (χ4n) is 3.19. The first-order valence-electron chi connectivity index (χ1n) is 6.36. The van der Waals surface area contributed by atoms with Crippen molar-refractivity contribution >= 4 is 0 Å². The third-order valence-corrected chi connectivity index (χ3v) is 4.08. The van der Waals surface area contributed by atoms with E-state index in [1.54, 1.807) is 0 Å². The fourth-order valence-corrected chi connectivity index (χ4v) is 3.19. The standard InChI is InChI=1S/C12H22FNO/c1-10-6-2-3-7-11(10)14-9-5-4-8-12(14)15-13/h10-12H,2-9H2,1H3. The molecule has 88 valence electrons. The topological polar surface area (TPSA) is 12.5 Å². The summed E-state index contributed by atoms with van der Waals surface area (Å²) in [6.45, 7) is 3.32.